The maximum absolute atomic E-state index is 14.1. The average Bonchev–Trinajstić information content (AvgIpc) is 2.43. The number of pyridine rings is 1. The second-order valence-corrected chi connectivity index (χ2v) is 6.64. The first kappa shape index (κ1) is 16.9. The van der Waals surface area contributed by atoms with Crippen LogP contribution in [0, 0.1) is 17.1 Å². The van der Waals surface area contributed by atoms with Crippen LogP contribution in [0.3, 0.4) is 0 Å². The third-order valence-electron chi connectivity index (χ3n) is 3.82. The minimum absolute atomic E-state index is 0.00883. The molecular weight excluding hydrogens is 394 g/mol. The van der Waals surface area contributed by atoms with Crippen LogP contribution >= 0.6 is 15.9 Å². The number of alkyl halides is 3. The van der Waals surface area contributed by atoms with E-state index in [1.807, 2.05) is 6.07 Å². The molecule has 126 valence electrons. The van der Waals surface area contributed by atoms with Crippen LogP contribution in [0.5, 0.6) is 0 Å². The molecule has 1 saturated heterocycles. The molecule has 1 aromatic carbocycles. The molecule has 1 aromatic heterocycles. The summed E-state index contributed by atoms with van der Waals surface area (Å²) < 4.78 is 53.6. The summed E-state index contributed by atoms with van der Waals surface area (Å²) in [5.41, 5.74) is -2.75. The van der Waals surface area contributed by atoms with Crippen molar-refractivity contribution in [2.24, 2.45) is 0 Å². The molecule has 2 heterocycles. The van der Waals surface area contributed by atoms with Crippen molar-refractivity contribution in [1.29, 1.82) is 5.26 Å². The van der Waals surface area contributed by atoms with Crippen molar-refractivity contribution in [3.8, 4) is 6.07 Å². The standard InChI is InChI=1S/C15H10BrF4N3O/c16-8-3-9-11(23-6-14(24,7-23)1-2-21)5-12(15(18,19)20)22-13(9)10(17)4-8/h3-5,24H,1,6-7H2. The summed E-state index contributed by atoms with van der Waals surface area (Å²) >= 11 is 3.11. The van der Waals surface area contributed by atoms with Gasteiger partial charge in [0.05, 0.1) is 12.5 Å². The minimum atomic E-state index is -4.73. The summed E-state index contributed by atoms with van der Waals surface area (Å²) in [7, 11) is 0. The molecule has 0 aliphatic carbocycles. The Labute approximate surface area is 142 Å². The van der Waals surface area contributed by atoms with Crippen LogP contribution < -0.4 is 4.90 Å². The fraction of sp³-hybridized carbons (Fsp3) is 0.333. The second kappa shape index (κ2) is 5.57. The summed E-state index contributed by atoms with van der Waals surface area (Å²) in [5.74, 6) is -0.875. The Kier molecular flexibility index (Phi) is 3.92. The number of benzene rings is 1. The van der Waals surface area contributed by atoms with Crippen LogP contribution in [-0.2, 0) is 6.18 Å². The zero-order chi connectivity index (χ0) is 17.7. The van der Waals surface area contributed by atoms with Gasteiger partial charge in [-0.25, -0.2) is 9.37 Å². The number of anilines is 1. The highest BCUT2D eigenvalue weighted by Crippen LogP contribution is 2.40. The van der Waals surface area contributed by atoms with Gasteiger partial charge in [0.1, 0.15) is 16.8 Å². The zero-order valence-corrected chi connectivity index (χ0v) is 13.6. The van der Waals surface area contributed by atoms with Gasteiger partial charge in [-0.3, -0.25) is 0 Å². The fourth-order valence-corrected chi connectivity index (χ4v) is 3.17. The highest BCUT2D eigenvalue weighted by molar-refractivity contribution is 9.10. The summed E-state index contributed by atoms with van der Waals surface area (Å²) in [6.45, 7) is -0.0177. The van der Waals surface area contributed by atoms with Crippen molar-refractivity contribution >= 4 is 32.5 Å². The van der Waals surface area contributed by atoms with Gasteiger partial charge >= 0.3 is 6.18 Å². The van der Waals surface area contributed by atoms with Crippen LogP contribution in [0.25, 0.3) is 10.9 Å². The monoisotopic (exact) mass is 403 g/mol. The number of β-amino-alcohol motifs (C(OH)–C–C–N with tert-alkyl or cyclic N) is 1. The van der Waals surface area contributed by atoms with Crippen molar-refractivity contribution in [1.82, 2.24) is 4.98 Å². The molecule has 0 spiro atoms. The van der Waals surface area contributed by atoms with Gasteiger partial charge in [-0.15, -0.1) is 0 Å². The molecule has 0 atom stereocenters. The van der Waals surface area contributed by atoms with E-state index in [9.17, 15) is 22.7 Å². The van der Waals surface area contributed by atoms with Crippen LogP contribution in [0.15, 0.2) is 22.7 Å². The van der Waals surface area contributed by atoms with E-state index in [4.69, 9.17) is 5.26 Å². The van der Waals surface area contributed by atoms with Crippen molar-refractivity contribution in [2.75, 3.05) is 18.0 Å². The summed E-state index contributed by atoms with van der Waals surface area (Å²) in [4.78, 5) is 4.87. The van der Waals surface area contributed by atoms with Crippen molar-refractivity contribution < 1.29 is 22.7 Å². The second-order valence-electron chi connectivity index (χ2n) is 5.72. The highest BCUT2D eigenvalue weighted by Gasteiger charge is 2.43. The van der Waals surface area contributed by atoms with E-state index in [-0.39, 0.29) is 30.6 Å². The Morgan fingerprint density at radius 2 is 2.00 bits per heavy atom. The van der Waals surface area contributed by atoms with Crippen LogP contribution in [0.1, 0.15) is 12.1 Å². The number of fused-ring (bicyclic) bond motifs is 1. The number of halogens is 5. The first-order valence-electron chi connectivity index (χ1n) is 6.84. The Balaban J connectivity index is 2.14. The smallest absolute Gasteiger partial charge is 0.385 e. The average molecular weight is 404 g/mol. The molecule has 1 aliphatic rings. The summed E-state index contributed by atoms with van der Waals surface area (Å²) in [6, 6.07) is 5.19. The number of nitrogens with zero attached hydrogens (tertiary/aromatic N) is 3. The van der Waals surface area contributed by atoms with E-state index >= 15 is 0 Å². The van der Waals surface area contributed by atoms with Crippen molar-refractivity contribution in [3.63, 3.8) is 0 Å². The lowest BCUT2D eigenvalue weighted by molar-refractivity contribution is -0.140. The number of rotatable bonds is 2. The summed E-state index contributed by atoms with van der Waals surface area (Å²) in [5, 5.41) is 18.9. The number of aliphatic hydroxyl groups is 1. The molecule has 1 aliphatic heterocycles. The maximum Gasteiger partial charge on any atom is 0.433 e. The molecule has 0 amide bonds. The lowest BCUT2D eigenvalue weighted by Crippen LogP contribution is -2.61. The van der Waals surface area contributed by atoms with Gasteiger partial charge in [0.15, 0.2) is 5.82 Å². The molecule has 4 nitrogen and oxygen atoms in total. The molecule has 0 saturated carbocycles. The minimum Gasteiger partial charge on any atom is -0.385 e. The molecular formula is C15H10BrF4N3O. The lowest BCUT2D eigenvalue weighted by Gasteiger charge is -2.47. The van der Waals surface area contributed by atoms with Crippen LogP contribution in [-0.4, -0.2) is 28.8 Å². The third-order valence-corrected chi connectivity index (χ3v) is 4.28. The molecule has 9 heteroatoms. The summed E-state index contributed by atoms with van der Waals surface area (Å²) in [6.07, 6.45) is -4.85. The molecule has 24 heavy (non-hydrogen) atoms. The van der Waals surface area contributed by atoms with E-state index < -0.39 is 28.8 Å². The first-order chi connectivity index (χ1) is 11.1. The molecule has 0 bridgehead atoms. The van der Waals surface area contributed by atoms with E-state index in [1.54, 1.807) is 0 Å². The van der Waals surface area contributed by atoms with Gasteiger partial charge in [0.2, 0.25) is 0 Å². The van der Waals surface area contributed by atoms with E-state index in [0.29, 0.717) is 4.47 Å². The molecule has 1 fully saturated rings. The predicted molar refractivity (Wildman–Crippen MR) is 81.8 cm³/mol. The number of aromatic nitrogens is 1. The van der Waals surface area contributed by atoms with Crippen LogP contribution in [0.4, 0.5) is 23.2 Å². The maximum atomic E-state index is 14.1. The topological polar surface area (TPSA) is 60.1 Å². The Hall–Kier alpha value is -1.92. The van der Waals surface area contributed by atoms with Gasteiger partial charge in [-0.1, -0.05) is 15.9 Å². The van der Waals surface area contributed by atoms with Gasteiger partial charge in [0.25, 0.3) is 0 Å². The largest absolute Gasteiger partial charge is 0.433 e. The normalized spacial score (nSPS) is 16.8. The number of nitriles is 1. The van der Waals surface area contributed by atoms with E-state index in [2.05, 4.69) is 20.9 Å². The number of hydrogen-bond donors (Lipinski definition) is 1. The Morgan fingerprint density at radius 3 is 2.58 bits per heavy atom. The lowest BCUT2D eigenvalue weighted by atomic mass is 9.90. The van der Waals surface area contributed by atoms with Crippen molar-refractivity contribution in [2.45, 2.75) is 18.2 Å². The molecule has 0 radical (unpaired) electrons. The third kappa shape index (κ3) is 2.91. The van der Waals surface area contributed by atoms with Gasteiger partial charge in [0, 0.05) is 28.6 Å². The van der Waals surface area contributed by atoms with E-state index in [1.165, 1.54) is 11.0 Å². The number of hydrogen-bond acceptors (Lipinski definition) is 4. The Bertz CT molecular complexity index is 856. The first-order valence-corrected chi connectivity index (χ1v) is 7.63. The Morgan fingerprint density at radius 1 is 1.33 bits per heavy atom. The molecule has 1 N–H and O–H groups in total. The van der Waals surface area contributed by atoms with Gasteiger partial charge in [-0.2, -0.15) is 18.4 Å². The van der Waals surface area contributed by atoms with E-state index in [0.717, 1.165) is 12.1 Å². The molecule has 3 rings (SSSR count). The SMILES string of the molecule is N#CCC1(O)CN(c2cc(C(F)(F)F)nc3c(F)cc(Br)cc23)C1. The molecule has 0 unspecified atom stereocenters. The highest BCUT2D eigenvalue weighted by atomic mass is 79.9. The van der Waals surface area contributed by atoms with Crippen LogP contribution in [0.2, 0.25) is 0 Å². The van der Waals surface area contributed by atoms with Gasteiger partial charge in [-0.05, 0) is 18.2 Å². The fourth-order valence-electron chi connectivity index (χ4n) is 2.74. The van der Waals surface area contributed by atoms with Crippen molar-refractivity contribution in [3.05, 3.63) is 34.2 Å². The zero-order valence-electron chi connectivity index (χ0n) is 12.0. The predicted octanol–water partition coefficient (Wildman–Crippen LogP) is 3.62. The molecule has 2 aromatic rings. The van der Waals surface area contributed by atoms with Gasteiger partial charge < -0.3 is 10.0 Å². The quantitative estimate of drug-likeness (QED) is 0.777.